The number of ether oxygens (including phenoxy) is 2. The number of benzene rings is 1. The molecule has 0 radical (unpaired) electrons. The molecular weight excluding hydrogens is 299 g/mol. The summed E-state index contributed by atoms with van der Waals surface area (Å²) < 4.78 is 24.8. The van der Waals surface area contributed by atoms with Crippen LogP contribution in [0.3, 0.4) is 0 Å². The third-order valence-corrected chi connectivity index (χ3v) is 4.50. The highest BCUT2D eigenvalue weighted by molar-refractivity contribution is 5.78. The minimum Gasteiger partial charge on any atom is -0.347 e. The smallest absolute Gasteiger partial charge is 0.236 e. The van der Waals surface area contributed by atoms with Crippen molar-refractivity contribution < 1.29 is 18.7 Å². The predicted molar refractivity (Wildman–Crippen MR) is 83.4 cm³/mol. The minimum absolute atomic E-state index is 0.0754. The van der Waals surface area contributed by atoms with Gasteiger partial charge in [-0.3, -0.25) is 4.79 Å². The molecule has 1 aromatic rings. The zero-order chi connectivity index (χ0) is 16.1. The molecule has 2 aliphatic heterocycles. The Morgan fingerprint density at radius 2 is 1.91 bits per heavy atom. The fourth-order valence-electron chi connectivity index (χ4n) is 3.11. The van der Waals surface area contributed by atoms with Gasteiger partial charge in [0.15, 0.2) is 5.79 Å². The van der Waals surface area contributed by atoms with Gasteiger partial charge < -0.3 is 19.7 Å². The summed E-state index contributed by atoms with van der Waals surface area (Å²) in [6.07, 6.45) is 2.03. The molecule has 6 heteroatoms. The lowest BCUT2D eigenvalue weighted by Gasteiger charge is -2.37. The summed E-state index contributed by atoms with van der Waals surface area (Å²) in [5.74, 6) is -0.570. The third-order valence-electron chi connectivity index (χ3n) is 4.50. The van der Waals surface area contributed by atoms with Gasteiger partial charge >= 0.3 is 0 Å². The Kier molecular flexibility index (Phi) is 5.25. The van der Waals surface area contributed by atoms with E-state index < -0.39 is 5.79 Å². The number of halogens is 1. The fourth-order valence-corrected chi connectivity index (χ4v) is 3.11. The van der Waals surface area contributed by atoms with Crippen molar-refractivity contribution in [2.75, 3.05) is 39.4 Å². The Balaban J connectivity index is 1.36. The predicted octanol–water partition coefficient (Wildman–Crippen LogP) is 1.32. The van der Waals surface area contributed by atoms with Gasteiger partial charge in [-0.1, -0.05) is 18.2 Å². The maximum absolute atomic E-state index is 13.5. The molecule has 0 aliphatic carbocycles. The average molecular weight is 322 g/mol. The molecule has 126 valence electrons. The van der Waals surface area contributed by atoms with Crippen LogP contribution in [0.2, 0.25) is 0 Å². The Labute approximate surface area is 135 Å². The topological polar surface area (TPSA) is 50.8 Å². The van der Waals surface area contributed by atoms with Gasteiger partial charge in [-0.15, -0.1) is 0 Å². The number of carbonyl (C=O) groups is 1. The zero-order valence-electron chi connectivity index (χ0n) is 13.2. The van der Waals surface area contributed by atoms with Crippen LogP contribution in [0.25, 0.3) is 0 Å². The quantitative estimate of drug-likeness (QED) is 0.831. The van der Waals surface area contributed by atoms with E-state index in [4.69, 9.17) is 9.47 Å². The molecule has 5 nitrogen and oxygen atoms in total. The van der Waals surface area contributed by atoms with Gasteiger partial charge in [0.2, 0.25) is 5.91 Å². The van der Waals surface area contributed by atoms with Gasteiger partial charge in [0.05, 0.1) is 19.8 Å². The minimum atomic E-state index is -0.449. The number of amides is 1. The summed E-state index contributed by atoms with van der Waals surface area (Å²) in [4.78, 5) is 14.0. The van der Waals surface area contributed by atoms with Crippen molar-refractivity contribution in [3.8, 4) is 0 Å². The Morgan fingerprint density at radius 1 is 1.22 bits per heavy atom. The van der Waals surface area contributed by atoms with E-state index in [0.717, 1.165) is 12.8 Å². The Bertz CT molecular complexity index is 536. The summed E-state index contributed by atoms with van der Waals surface area (Å²) in [6.45, 7) is 3.47. The first-order chi connectivity index (χ1) is 11.2. The lowest BCUT2D eigenvalue weighted by molar-refractivity contribution is -0.187. The number of rotatable bonds is 5. The zero-order valence-corrected chi connectivity index (χ0v) is 13.2. The molecule has 0 atom stereocenters. The number of carbonyl (C=O) groups excluding carboxylic acids is 1. The second-order valence-electron chi connectivity index (χ2n) is 6.01. The summed E-state index contributed by atoms with van der Waals surface area (Å²) in [5, 5.41) is 3.10. The van der Waals surface area contributed by atoms with E-state index in [9.17, 15) is 9.18 Å². The molecule has 2 aliphatic rings. The van der Waals surface area contributed by atoms with Crippen molar-refractivity contribution in [1.82, 2.24) is 10.2 Å². The SMILES string of the molecule is O=C(CNCCc1ccccc1F)N1CCC2(CC1)OCCO2. The third kappa shape index (κ3) is 4.07. The summed E-state index contributed by atoms with van der Waals surface area (Å²) in [5.41, 5.74) is 0.669. The molecule has 1 N–H and O–H groups in total. The first-order valence-corrected chi connectivity index (χ1v) is 8.18. The van der Waals surface area contributed by atoms with Crippen molar-refractivity contribution in [2.45, 2.75) is 25.0 Å². The van der Waals surface area contributed by atoms with Crippen LogP contribution < -0.4 is 5.32 Å². The van der Waals surface area contributed by atoms with E-state index in [0.29, 0.717) is 44.8 Å². The molecule has 2 heterocycles. The molecule has 0 unspecified atom stereocenters. The molecule has 3 rings (SSSR count). The standard InChI is InChI=1S/C17H23FN2O3/c18-15-4-2-1-3-14(15)5-8-19-13-16(21)20-9-6-17(7-10-20)22-11-12-23-17/h1-4,19H,5-13H2. The number of hydrogen-bond acceptors (Lipinski definition) is 4. The number of nitrogens with zero attached hydrogens (tertiary/aromatic N) is 1. The van der Waals surface area contributed by atoms with Gasteiger partial charge in [-0.2, -0.15) is 0 Å². The van der Waals surface area contributed by atoms with Crippen molar-refractivity contribution in [3.63, 3.8) is 0 Å². The fraction of sp³-hybridized carbons (Fsp3) is 0.588. The van der Waals surface area contributed by atoms with E-state index in [1.54, 1.807) is 12.1 Å². The van der Waals surface area contributed by atoms with Crippen LogP contribution >= 0.6 is 0 Å². The number of hydrogen-bond donors (Lipinski definition) is 1. The number of likely N-dealkylation sites (tertiary alicyclic amines) is 1. The van der Waals surface area contributed by atoms with Gasteiger partial charge in [0.1, 0.15) is 5.82 Å². The Morgan fingerprint density at radius 3 is 2.61 bits per heavy atom. The molecule has 1 spiro atoms. The van der Waals surface area contributed by atoms with Crippen LogP contribution in [0.1, 0.15) is 18.4 Å². The highest BCUT2D eigenvalue weighted by atomic mass is 19.1. The van der Waals surface area contributed by atoms with Crippen LogP contribution in [0, 0.1) is 5.82 Å². The molecule has 23 heavy (non-hydrogen) atoms. The van der Waals surface area contributed by atoms with Crippen molar-refractivity contribution in [3.05, 3.63) is 35.6 Å². The van der Waals surface area contributed by atoms with Gasteiger partial charge in [0, 0.05) is 25.9 Å². The highest BCUT2D eigenvalue weighted by Crippen LogP contribution is 2.31. The summed E-state index contributed by atoms with van der Waals surface area (Å²) >= 11 is 0. The molecule has 0 aromatic heterocycles. The van der Waals surface area contributed by atoms with Gasteiger partial charge in [-0.05, 0) is 24.6 Å². The van der Waals surface area contributed by atoms with E-state index in [1.807, 2.05) is 11.0 Å². The molecule has 2 fully saturated rings. The Hall–Kier alpha value is -1.50. The first-order valence-electron chi connectivity index (χ1n) is 8.18. The van der Waals surface area contributed by atoms with Crippen LogP contribution in [0.15, 0.2) is 24.3 Å². The average Bonchev–Trinajstić information content (AvgIpc) is 3.02. The summed E-state index contributed by atoms with van der Waals surface area (Å²) in [6, 6.07) is 6.72. The van der Waals surface area contributed by atoms with Crippen molar-refractivity contribution >= 4 is 5.91 Å². The first kappa shape index (κ1) is 16.4. The van der Waals surface area contributed by atoms with Gasteiger partial charge in [-0.25, -0.2) is 4.39 Å². The lowest BCUT2D eigenvalue weighted by atomic mass is 10.0. The van der Waals surface area contributed by atoms with Gasteiger partial charge in [0.25, 0.3) is 0 Å². The molecule has 0 bridgehead atoms. The highest BCUT2D eigenvalue weighted by Gasteiger charge is 2.40. The molecular formula is C17H23FN2O3. The van der Waals surface area contributed by atoms with E-state index in [-0.39, 0.29) is 18.3 Å². The normalized spacial score (nSPS) is 20.1. The number of nitrogens with one attached hydrogen (secondary N) is 1. The molecule has 1 aromatic carbocycles. The molecule has 0 saturated carbocycles. The van der Waals surface area contributed by atoms with E-state index >= 15 is 0 Å². The van der Waals surface area contributed by atoms with Crippen molar-refractivity contribution in [2.24, 2.45) is 0 Å². The summed E-state index contributed by atoms with van der Waals surface area (Å²) in [7, 11) is 0. The van der Waals surface area contributed by atoms with E-state index in [2.05, 4.69) is 5.32 Å². The number of piperidine rings is 1. The van der Waals surface area contributed by atoms with Crippen LogP contribution in [-0.4, -0.2) is 56.0 Å². The molecule has 1 amide bonds. The largest absolute Gasteiger partial charge is 0.347 e. The van der Waals surface area contributed by atoms with Crippen LogP contribution in [0.4, 0.5) is 4.39 Å². The van der Waals surface area contributed by atoms with Crippen molar-refractivity contribution in [1.29, 1.82) is 0 Å². The second-order valence-corrected chi connectivity index (χ2v) is 6.01. The van der Waals surface area contributed by atoms with Crippen LogP contribution in [0.5, 0.6) is 0 Å². The van der Waals surface area contributed by atoms with Crippen LogP contribution in [-0.2, 0) is 20.7 Å². The maximum Gasteiger partial charge on any atom is 0.236 e. The maximum atomic E-state index is 13.5. The lowest BCUT2D eigenvalue weighted by Crippen LogP contribution is -2.49. The molecule has 2 saturated heterocycles. The second kappa shape index (κ2) is 7.38. The monoisotopic (exact) mass is 322 g/mol. The van der Waals surface area contributed by atoms with E-state index in [1.165, 1.54) is 6.07 Å².